The Balaban J connectivity index is 1.86. The minimum Gasteiger partial charge on any atom is -0.325 e. The predicted molar refractivity (Wildman–Crippen MR) is 105 cm³/mol. The third kappa shape index (κ3) is 5.99. The van der Waals surface area contributed by atoms with Crippen LogP contribution in [0.2, 0.25) is 0 Å². The van der Waals surface area contributed by atoms with Crippen LogP contribution in [-0.2, 0) is 9.59 Å². The van der Waals surface area contributed by atoms with Crippen molar-refractivity contribution in [2.24, 2.45) is 0 Å². The number of carbonyl (C=O) groups is 2. The van der Waals surface area contributed by atoms with E-state index in [2.05, 4.69) is 26.6 Å². The lowest BCUT2D eigenvalue weighted by Gasteiger charge is -2.23. The largest absolute Gasteiger partial charge is 0.325 e. The zero-order chi connectivity index (χ0) is 18.4. The molecule has 0 radical (unpaired) electrons. The number of amides is 2. The number of benzene rings is 2. The molecule has 0 aliphatic heterocycles. The highest BCUT2D eigenvalue weighted by molar-refractivity contribution is 9.10. The highest BCUT2D eigenvalue weighted by Gasteiger charge is 2.20. The Morgan fingerprint density at radius 3 is 2.12 bits per heavy atom. The van der Waals surface area contributed by atoms with E-state index in [0.29, 0.717) is 0 Å². The molecule has 2 aromatic carbocycles. The molecule has 0 bridgehead atoms. The van der Waals surface area contributed by atoms with Gasteiger partial charge < -0.3 is 10.6 Å². The van der Waals surface area contributed by atoms with Gasteiger partial charge in [0.05, 0.1) is 12.6 Å². The smallest absolute Gasteiger partial charge is 0.241 e. The van der Waals surface area contributed by atoms with Crippen LogP contribution in [0.4, 0.5) is 11.4 Å². The van der Waals surface area contributed by atoms with Crippen molar-refractivity contribution >= 4 is 39.1 Å². The summed E-state index contributed by atoms with van der Waals surface area (Å²) in [5.74, 6) is -0.317. The maximum absolute atomic E-state index is 12.3. The van der Waals surface area contributed by atoms with Crippen molar-refractivity contribution in [3.8, 4) is 0 Å². The number of anilines is 2. The minimum atomic E-state index is -0.438. The van der Waals surface area contributed by atoms with Gasteiger partial charge in [-0.05, 0) is 57.3 Å². The molecule has 6 heteroatoms. The topological polar surface area (TPSA) is 61.4 Å². The first-order valence-corrected chi connectivity index (χ1v) is 8.77. The van der Waals surface area contributed by atoms with E-state index in [9.17, 15) is 9.59 Å². The van der Waals surface area contributed by atoms with Crippen LogP contribution in [0.1, 0.15) is 12.5 Å². The fraction of sp³-hybridized carbons (Fsp3) is 0.263. The molecule has 25 heavy (non-hydrogen) atoms. The van der Waals surface area contributed by atoms with Crippen LogP contribution in [0.15, 0.2) is 53.0 Å². The van der Waals surface area contributed by atoms with Gasteiger partial charge >= 0.3 is 0 Å². The molecular formula is C19H22BrN3O2. The van der Waals surface area contributed by atoms with Crippen LogP contribution >= 0.6 is 15.9 Å². The summed E-state index contributed by atoms with van der Waals surface area (Å²) < 4.78 is 0.948. The first kappa shape index (κ1) is 19.1. The molecule has 2 N–H and O–H groups in total. The van der Waals surface area contributed by atoms with E-state index in [1.165, 1.54) is 0 Å². The quantitative estimate of drug-likeness (QED) is 0.773. The summed E-state index contributed by atoms with van der Waals surface area (Å²) in [6.07, 6.45) is 0. The summed E-state index contributed by atoms with van der Waals surface area (Å²) in [5, 5.41) is 5.68. The second-order valence-corrected chi connectivity index (χ2v) is 6.92. The van der Waals surface area contributed by atoms with Crippen LogP contribution in [0.3, 0.4) is 0 Å². The molecule has 0 saturated heterocycles. The Kier molecular flexibility index (Phi) is 6.73. The van der Waals surface area contributed by atoms with Gasteiger partial charge in [-0.3, -0.25) is 14.5 Å². The van der Waals surface area contributed by atoms with Crippen molar-refractivity contribution in [1.82, 2.24) is 4.90 Å². The average Bonchev–Trinajstić information content (AvgIpc) is 2.58. The first-order chi connectivity index (χ1) is 11.8. The minimum absolute atomic E-state index is 0.128. The molecule has 0 saturated carbocycles. The van der Waals surface area contributed by atoms with Crippen LogP contribution in [0.5, 0.6) is 0 Å². The number of aryl methyl sites for hydroxylation is 1. The molecule has 0 spiro atoms. The zero-order valence-electron chi connectivity index (χ0n) is 14.5. The van der Waals surface area contributed by atoms with Gasteiger partial charge in [0.1, 0.15) is 0 Å². The molecule has 2 rings (SSSR count). The van der Waals surface area contributed by atoms with Crippen molar-refractivity contribution in [2.75, 3.05) is 24.2 Å². The van der Waals surface area contributed by atoms with E-state index in [-0.39, 0.29) is 18.4 Å². The fourth-order valence-corrected chi connectivity index (χ4v) is 2.45. The Labute approximate surface area is 156 Å². The highest BCUT2D eigenvalue weighted by Crippen LogP contribution is 2.15. The number of halogens is 1. The summed E-state index contributed by atoms with van der Waals surface area (Å²) >= 11 is 3.36. The molecule has 1 atom stereocenters. The van der Waals surface area contributed by atoms with E-state index in [1.54, 1.807) is 18.9 Å². The average molecular weight is 404 g/mol. The van der Waals surface area contributed by atoms with Crippen molar-refractivity contribution < 1.29 is 9.59 Å². The Morgan fingerprint density at radius 2 is 1.52 bits per heavy atom. The summed E-state index contributed by atoms with van der Waals surface area (Å²) in [6, 6.07) is 14.5. The predicted octanol–water partition coefficient (Wildman–Crippen LogP) is 3.66. The first-order valence-electron chi connectivity index (χ1n) is 7.98. The summed E-state index contributed by atoms with van der Waals surface area (Å²) in [7, 11) is 1.75. The number of rotatable bonds is 6. The van der Waals surface area contributed by atoms with Crippen molar-refractivity contribution in [1.29, 1.82) is 0 Å². The van der Waals surface area contributed by atoms with Gasteiger partial charge in [0.25, 0.3) is 0 Å². The Bertz CT molecular complexity index is 729. The lowest BCUT2D eigenvalue weighted by atomic mass is 10.2. The zero-order valence-corrected chi connectivity index (χ0v) is 16.1. The van der Waals surface area contributed by atoms with E-state index in [1.807, 2.05) is 55.5 Å². The van der Waals surface area contributed by atoms with Gasteiger partial charge in [-0.2, -0.15) is 0 Å². The van der Waals surface area contributed by atoms with Crippen molar-refractivity contribution in [3.63, 3.8) is 0 Å². The van der Waals surface area contributed by atoms with Gasteiger partial charge in [0.15, 0.2) is 0 Å². The van der Waals surface area contributed by atoms with E-state index in [4.69, 9.17) is 0 Å². The lowest BCUT2D eigenvalue weighted by molar-refractivity contribution is -0.122. The van der Waals surface area contributed by atoms with E-state index in [0.717, 1.165) is 21.4 Å². The van der Waals surface area contributed by atoms with Crippen molar-refractivity contribution in [3.05, 3.63) is 58.6 Å². The monoisotopic (exact) mass is 403 g/mol. The molecule has 0 fully saturated rings. The summed E-state index contributed by atoms with van der Waals surface area (Å²) in [6.45, 7) is 3.89. The fourth-order valence-electron chi connectivity index (χ4n) is 2.18. The van der Waals surface area contributed by atoms with Crippen LogP contribution < -0.4 is 10.6 Å². The molecule has 2 aromatic rings. The number of carbonyl (C=O) groups excluding carboxylic acids is 2. The molecule has 0 aliphatic rings. The maximum atomic E-state index is 12.3. The number of nitrogens with zero attached hydrogens (tertiary/aromatic N) is 1. The molecule has 0 aliphatic carbocycles. The lowest BCUT2D eigenvalue weighted by Crippen LogP contribution is -2.43. The van der Waals surface area contributed by atoms with Gasteiger partial charge in [-0.1, -0.05) is 33.6 Å². The molecule has 0 unspecified atom stereocenters. The third-order valence-corrected chi connectivity index (χ3v) is 4.41. The van der Waals surface area contributed by atoms with Gasteiger partial charge in [-0.25, -0.2) is 0 Å². The van der Waals surface area contributed by atoms with Crippen LogP contribution in [0, 0.1) is 6.92 Å². The maximum Gasteiger partial charge on any atom is 0.241 e. The molecule has 0 aromatic heterocycles. The van der Waals surface area contributed by atoms with Gasteiger partial charge in [0, 0.05) is 15.8 Å². The number of hydrogen-bond donors (Lipinski definition) is 2. The highest BCUT2D eigenvalue weighted by atomic mass is 79.9. The van der Waals surface area contributed by atoms with Crippen LogP contribution in [-0.4, -0.2) is 36.3 Å². The van der Waals surface area contributed by atoms with E-state index >= 15 is 0 Å². The van der Waals surface area contributed by atoms with Gasteiger partial charge in [0.2, 0.25) is 11.8 Å². The number of nitrogens with one attached hydrogen (secondary N) is 2. The standard InChI is InChI=1S/C19H22BrN3O2/c1-13-4-8-16(9-5-13)21-18(24)12-23(3)14(2)19(25)22-17-10-6-15(20)7-11-17/h4-11,14H,12H2,1-3H3,(H,21,24)(H,22,25)/t14-/m1/s1. The Morgan fingerprint density at radius 1 is 1.00 bits per heavy atom. The molecular weight excluding hydrogens is 382 g/mol. The molecule has 2 amide bonds. The van der Waals surface area contributed by atoms with Crippen LogP contribution in [0.25, 0.3) is 0 Å². The Hall–Kier alpha value is -2.18. The number of hydrogen-bond acceptors (Lipinski definition) is 3. The third-order valence-electron chi connectivity index (χ3n) is 3.88. The summed E-state index contributed by atoms with van der Waals surface area (Å²) in [5.41, 5.74) is 2.60. The summed E-state index contributed by atoms with van der Waals surface area (Å²) in [4.78, 5) is 26.2. The number of likely N-dealkylation sites (N-methyl/N-ethyl adjacent to an activating group) is 1. The second kappa shape index (κ2) is 8.78. The molecule has 5 nitrogen and oxygen atoms in total. The SMILES string of the molecule is Cc1ccc(NC(=O)CN(C)[C@H](C)C(=O)Nc2ccc(Br)cc2)cc1. The van der Waals surface area contributed by atoms with Crippen molar-refractivity contribution in [2.45, 2.75) is 19.9 Å². The normalized spacial score (nSPS) is 11.9. The van der Waals surface area contributed by atoms with E-state index < -0.39 is 6.04 Å². The molecule has 0 heterocycles. The van der Waals surface area contributed by atoms with Gasteiger partial charge in [-0.15, -0.1) is 0 Å². The molecule has 132 valence electrons. The second-order valence-electron chi connectivity index (χ2n) is 6.00.